The van der Waals surface area contributed by atoms with Crippen LogP contribution in [0.15, 0.2) is 82.0 Å². The van der Waals surface area contributed by atoms with Crippen LogP contribution in [0.25, 0.3) is 44.3 Å². The molecule has 136 valence electrons. The van der Waals surface area contributed by atoms with Crippen molar-refractivity contribution in [2.24, 2.45) is 0 Å². The summed E-state index contributed by atoms with van der Waals surface area (Å²) >= 11 is 6.23. The molecule has 0 atom stereocenters. The number of aromatic hydroxyl groups is 1. The smallest absolute Gasteiger partial charge is 0.348 e. The molecule has 3 aromatic carbocycles. The highest BCUT2D eigenvalue weighted by molar-refractivity contribution is 6.31. The molecule has 5 rings (SSSR count). The van der Waals surface area contributed by atoms with Crippen LogP contribution in [0.2, 0.25) is 5.02 Å². The number of hydrogen-bond donors (Lipinski definition) is 2. The van der Waals surface area contributed by atoms with Crippen molar-refractivity contribution in [2.75, 3.05) is 0 Å². The molecule has 5 heteroatoms. The van der Waals surface area contributed by atoms with E-state index in [1.807, 2.05) is 36.4 Å². The molecule has 4 nitrogen and oxygen atoms in total. The van der Waals surface area contributed by atoms with Gasteiger partial charge in [0.05, 0.1) is 11.1 Å². The van der Waals surface area contributed by atoms with E-state index >= 15 is 0 Å². The summed E-state index contributed by atoms with van der Waals surface area (Å²) in [7, 11) is 0. The molecule has 0 saturated heterocycles. The molecule has 2 N–H and O–H groups in total. The zero-order chi connectivity index (χ0) is 19.3. The summed E-state index contributed by atoms with van der Waals surface area (Å²) in [5, 5.41) is 12.8. The lowest BCUT2D eigenvalue weighted by Crippen LogP contribution is -2.04. The van der Waals surface area contributed by atoms with Gasteiger partial charge in [0.2, 0.25) is 0 Å². The van der Waals surface area contributed by atoms with Crippen molar-refractivity contribution in [3.05, 3.63) is 88.2 Å². The minimum atomic E-state index is -0.603. The van der Waals surface area contributed by atoms with Gasteiger partial charge in [-0.15, -0.1) is 0 Å². The molecule has 0 unspecified atom stereocenters. The van der Waals surface area contributed by atoms with Gasteiger partial charge in [-0.3, -0.25) is 0 Å². The van der Waals surface area contributed by atoms with Crippen molar-refractivity contribution in [3.8, 4) is 28.1 Å². The SMILES string of the molecule is O=c1oc2ccccc2c(O)c1-c1c(-c2ccccc2)[nH]c2ccc(Cl)cc12. The highest BCUT2D eigenvalue weighted by atomic mass is 35.5. The monoisotopic (exact) mass is 387 g/mol. The van der Waals surface area contributed by atoms with E-state index < -0.39 is 5.63 Å². The van der Waals surface area contributed by atoms with E-state index in [2.05, 4.69) is 4.98 Å². The molecule has 2 heterocycles. The van der Waals surface area contributed by atoms with Crippen molar-refractivity contribution in [1.82, 2.24) is 4.98 Å². The number of H-pyrrole nitrogens is 1. The molecule has 0 bridgehead atoms. The fourth-order valence-electron chi connectivity index (χ4n) is 3.60. The molecule has 0 aliphatic rings. The maximum Gasteiger partial charge on any atom is 0.348 e. The van der Waals surface area contributed by atoms with Crippen LogP contribution in [-0.4, -0.2) is 10.1 Å². The highest BCUT2D eigenvalue weighted by Gasteiger charge is 2.23. The van der Waals surface area contributed by atoms with Gasteiger partial charge in [0, 0.05) is 21.5 Å². The number of halogens is 1. The van der Waals surface area contributed by atoms with Crippen LogP contribution in [0.5, 0.6) is 5.75 Å². The molecule has 0 amide bonds. The lowest BCUT2D eigenvalue weighted by molar-refractivity contribution is 0.471. The minimum Gasteiger partial charge on any atom is -0.506 e. The Morgan fingerprint density at radius 2 is 1.61 bits per heavy atom. The fraction of sp³-hybridized carbons (Fsp3) is 0. The first-order valence-electron chi connectivity index (χ1n) is 8.75. The standard InChI is InChI=1S/C23H14ClNO3/c24-14-10-11-17-16(12-14)19(21(25-17)13-6-2-1-3-7-13)20-22(26)15-8-4-5-9-18(15)28-23(20)27/h1-12,25-26H. The summed E-state index contributed by atoms with van der Waals surface area (Å²) in [6.45, 7) is 0. The van der Waals surface area contributed by atoms with E-state index in [-0.39, 0.29) is 11.3 Å². The van der Waals surface area contributed by atoms with Crippen molar-refractivity contribution in [1.29, 1.82) is 0 Å². The largest absolute Gasteiger partial charge is 0.506 e. The van der Waals surface area contributed by atoms with Crippen LogP contribution in [0.1, 0.15) is 0 Å². The summed E-state index contributed by atoms with van der Waals surface area (Å²) in [6.07, 6.45) is 0. The topological polar surface area (TPSA) is 66.2 Å². The van der Waals surface area contributed by atoms with Gasteiger partial charge in [-0.25, -0.2) is 4.79 Å². The molecule has 5 aromatic rings. The lowest BCUT2D eigenvalue weighted by atomic mass is 9.98. The number of rotatable bonds is 2. The van der Waals surface area contributed by atoms with Crippen LogP contribution >= 0.6 is 11.6 Å². The third-order valence-corrected chi connectivity index (χ3v) is 5.09. The average Bonchev–Trinajstić information content (AvgIpc) is 3.07. The Morgan fingerprint density at radius 1 is 0.857 bits per heavy atom. The molecular formula is C23H14ClNO3. The quantitative estimate of drug-likeness (QED) is 0.367. The molecule has 28 heavy (non-hydrogen) atoms. The summed E-state index contributed by atoms with van der Waals surface area (Å²) in [5.41, 5.74) is 2.84. The van der Waals surface area contributed by atoms with E-state index in [1.165, 1.54) is 0 Å². The second-order valence-corrected chi connectivity index (χ2v) is 6.98. The third-order valence-electron chi connectivity index (χ3n) is 4.86. The number of benzene rings is 3. The number of aromatic amines is 1. The molecular weight excluding hydrogens is 374 g/mol. The van der Waals surface area contributed by atoms with Gasteiger partial charge in [-0.05, 0) is 35.9 Å². The Bertz CT molecular complexity index is 1400. The number of fused-ring (bicyclic) bond motifs is 2. The second-order valence-electron chi connectivity index (χ2n) is 6.54. The van der Waals surface area contributed by atoms with Crippen LogP contribution in [-0.2, 0) is 0 Å². The Morgan fingerprint density at radius 3 is 2.43 bits per heavy atom. The van der Waals surface area contributed by atoms with E-state index in [4.69, 9.17) is 16.0 Å². The number of aromatic nitrogens is 1. The third kappa shape index (κ3) is 2.50. The van der Waals surface area contributed by atoms with Crippen LogP contribution < -0.4 is 5.63 Å². The van der Waals surface area contributed by atoms with Crippen molar-refractivity contribution >= 4 is 33.5 Å². The normalized spacial score (nSPS) is 11.3. The highest BCUT2D eigenvalue weighted by Crippen LogP contribution is 2.43. The molecule has 0 saturated carbocycles. The Balaban J connectivity index is 1.95. The van der Waals surface area contributed by atoms with Gasteiger partial charge in [0.1, 0.15) is 16.9 Å². The summed E-state index contributed by atoms with van der Waals surface area (Å²) in [4.78, 5) is 16.2. The van der Waals surface area contributed by atoms with E-state index in [1.54, 1.807) is 36.4 Å². The molecule has 2 aromatic heterocycles. The summed E-state index contributed by atoms with van der Waals surface area (Å²) < 4.78 is 5.51. The lowest BCUT2D eigenvalue weighted by Gasteiger charge is -2.09. The van der Waals surface area contributed by atoms with Crippen molar-refractivity contribution in [3.63, 3.8) is 0 Å². The zero-order valence-electron chi connectivity index (χ0n) is 14.6. The summed E-state index contributed by atoms with van der Waals surface area (Å²) in [6, 6.07) is 22.0. The van der Waals surface area contributed by atoms with Crippen LogP contribution in [0.4, 0.5) is 0 Å². The van der Waals surface area contributed by atoms with Gasteiger partial charge in [0.15, 0.2) is 0 Å². The van der Waals surface area contributed by atoms with Gasteiger partial charge in [-0.2, -0.15) is 0 Å². The van der Waals surface area contributed by atoms with Gasteiger partial charge in [-0.1, -0.05) is 54.1 Å². The second kappa shape index (κ2) is 6.29. The predicted octanol–water partition coefficient (Wildman–Crippen LogP) is 5.97. The van der Waals surface area contributed by atoms with Crippen LogP contribution in [0.3, 0.4) is 0 Å². The Hall–Kier alpha value is -3.50. The van der Waals surface area contributed by atoms with Gasteiger partial charge < -0.3 is 14.5 Å². The van der Waals surface area contributed by atoms with Gasteiger partial charge in [0.25, 0.3) is 0 Å². The molecule has 0 spiro atoms. The molecule has 0 aliphatic carbocycles. The Kier molecular flexibility index (Phi) is 3.74. The minimum absolute atomic E-state index is 0.107. The molecule has 0 radical (unpaired) electrons. The zero-order valence-corrected chi connectivity index (χ0v) is 15.3. The van der Waals surface area contributed by atoms with Crippen LogP contribution in [0, 0.1) is 0 Å². The first kappa shape index (κ1) is 16.7. The van der Waals surface area contributed by atoms with E-state index in [0.717, 1.165) is 22.2 Å². The first-order chi connectivity index (χ1) is 13.6. The fourth-order valence-corrected chi connectivity index (χ4v) is 3.77. The number of para-hydroxylation sites is 1. The van der Waals surface area contributed by atoms with E-state index in [0.29, 0.717) is 21.6 Å². The van der Waals surface area contributed by atoms with Gasteiger partial charge >= 0.3 is 5.63 Å². The Labute approximate surface area is 164 Å². The number of nitrogens with one attached hydrogen (secondary N) is 1. The predicted molar refractivity (Wildman–Crippen MR) is 112 cm³/mol. The molecule has 0 aliphatic heterocycles. The number of hydrogen-bond acceptors (Lipinski definition) is 3. The maximum atomic E-state index is 12.9. The van der Waals surface area contributed by atoms with Crippen molar-refractivity contribution in [2.45, 2.75) is 0 Å². The maximum absolute atomic E-state index is 12.9. The summed E-state index contributed by atoms with van der Waals surface area (Å²) in [5.74, 6) is -0.107. The van der Waals surface area contributed by atoms with E-state index in [9.17, 15) is 9.90 Å². The first-order valence-corrected chi connectivity index (χ1v) is 9.13. The average molecular weight is 388 g/mol. The van der Waals surface area contributed by atoms with Crippen molar-refractivity contribution < 1.29 is 9.52 Å². The molecule has 0 fully saturated rings.